The minimum Gasteiger partial charge on any atom is -0.481 e. The molecule has 1 aliphatic heterocycles. The van der Waals surface area contributed by atoms with E-state index >= 15 is 0 Å². The van der Waals surface area contributed by atoms with Gasteiger partial charge in [0.15, 0.2) is 0 Å². The number of carboxylic acid groups (broad SMARTS) is 2. The van der Waals surface area contributed by atoms with Crippen LogP contribution in [0.5, 0.6) is 0 Å². The van der Waals surface area contributed by atoms with Crippen molar-refractivity contribution in [3.63, 3.8) is 0 Å². The number of aliphatic imine (C=N–C) groups is 1. The van der Waals surface area contributed by atoms with Gasteiger partial charge in [0.25, 0.3) is 0 Å². The van der Waals surface area contributed by atoms with Crippen molar-refractivity contribution in [3.05, 3.63) is 34.9 Å². The number of rotatable bonds is 6. The van der Waals surface area contributed by atoms with E-state index in [9.17, 15) is 19.8 Å². The number of carboxylic acids is 2. The molecular weight excluding hydrogens is 382 g/mol. The minimum absolute atomic E-state index is 0.400. The first kappa shape index (κ1) is 21.6. The molecule has 0 fully saturated rings. The fraction of sp³-hybridized carbons (Fsp3) is 0.550. The molecule has 0 saturated carbocycles. The molecule has 0 aromatic heterocycles. The van der Waals surface area contributed by atoms with Gasteiger partial charge in [0.2, 0.25) is 0 Å². The zero-order chi connectivity index (χ0) is 20.6. The van der Waals surface area contributed by atoms with Crippen LogP contribution in [0.15, 0.2) is 29.3 Å². The van der Waals surface area contributed by atoms with Gasteiger partial charge in [-0.2, -0.15) is 0 Å². The summed E-state index contributed by atoms with van der Waals surface area (Å²) in [5.74, 6) is -3.75. The molecule has 148 valence electrons. The van der Waals surface area contributed by atoms with E-state index in [1.54, 1.807) is 38.1 Å². The van der Waals surface area contributed by atoms with E-state index in [1.165, 1.54) is 0 Å². The summed E-state index contributed by atoms with van der Waals surface area (Å²) in [6, 6.07) is 7.18. The van der Waals surface area contributed by atoms with Crippen molar-refractivity contribution in [2.24, 2.45) is 16.3 Å². The molecule has 2 rings (SSSR count). The van der Waals surface area contributed by atoms with E-state index < -0.39 is 43.3 Å². The standard InChI is InChI=1S/C20H28ClNO4Si/c1-12-16(18(23)24)17(14-7-6-8-15(21)11-14)20(19(25)26,13(2)22-12)9-10-27(3,4)5/h6-8,11,13,16-17H,9-10H2,1-5H3,(H,23,24)(H,25,26). The Kier molecular flexibility index (Phi) is 6.22. The lowest BCUT2D eigenvalue weighted by molar-refractivity contribution is -0.155. The van der Waals surface area contributed by atoms with Crippen molar-refractivity contribution in [3.8, 4) is 0 Å². The van der Waals surface area contributed by atoms with Crippen molar-refractivity contribution in [1.82, 2.24) is 0 Å². The maximum absolute atomic E-state index is 12.7. The molecule has 1 aromatic carbocycles. The lowest BCUT2D eigenvalue weighted by Crippen LogP contribution is -2.54. The smallest absolute Gasteiger partial charge is 0.312 e. The number of carbonyl (C=O) groups is 2. The topological polar surface area (TPSA) is 87.0 Å². The molecule has 1 aromatic rings. The molecule has 1 heterocycles. The maximum atomic E-state index is 12.7. The summed E-state index contributed by atoms with van der Waals surface area (Å²) in [4.78, 5) is 29.3. The monoisotopic (exact) mass is 409 g/mol. The summed E-state index contributed by atoms with van der Waals surface area (Å²) in [6.45, 7) is 10.0. The van der Waals surface area contributed by atoms with Crippen LogP contribution in [0.1, 0.15) is 31.7 Å². The van der Waals surface area contributed by atoms with Gasteiger partial charge in [-0.1, -0.05) is 49.4 Å². The van der Waals surface area contributed by atoms with Crippen molar-refractivity contribution in [1.29, 1.82) is 0 Å². The third kappa shape index (κ3) is 4.27. The van der Waals surface area contributed by atoms with Crippen molar-refractivity contribution < 1.29 is 19.8 Å². The zero-order valence-corrected chi connectivity index (χ0v) is 18.2. The fourth-order valence-electron chi connectivity index (χ4n) is 4.18. The van der Waals surface area contributed by atoms with Crippen LogP contribution in [0.3, 0.4) is 0 Å². The van der Waals surface area contributed by atoms with E-state index in [1.807, 2.05) is 0 Å². The Morgan fingerprint density at radius 2 is 1.89 bits per heavy atom. The first-order valence-electron chi connectivity index (χ1n) is 9.16. The molecule has 4 unspecified atom stereocenters. The summed E-state index contributed by atoms with van der Waals surface area (Å²) in [5, 5.41) is 20.8. The largest absolute Gasteiger partial charge is 0.481 e. The van der Waals surface area contributed by atoms with Gasteiger partial charge in [-0.15, -0.1) is 0 Å². The Bertz CT molecular complexity index is 773. The Morgan fingerprint density at radius 1 is 1.26 bits per heavy atom. The molecule has 0 spiro atoms. The normalized spacial score (nSPS) is 28.5. The summed E-state index contributed by atoms with van der Waals surface area (Å²) in [5.41, 5.74) is -0.174. The second kappa shape index (κ2) is 7.76. The second-order valence-corrected chi connectivity index (χ2v) is 14.8. The number of nitrogens with zero attached hydrogens (tertiary/aromatic N) is 1. The molecule has 0 amide bonds. The Labute approximate surface area is 166 Å². The molecule has 2 N–H and O–H groups in total. The number of aliphatic carboxylic acids is 2. The van der Waals surface area contributed by atoms with Crippen LogP contribution < -0.4 is 0 Å². The molecule has 0 bridgehead atoms. The SMILES string of the molecule is CC1=NC(C)C(CC[Si](C)(C)C)(C(=O)O)C(c2cccc(Cl)c2)C1C(=O)O. The number of hydrogen-bond acceptors (Lipinski definition) is 3. The average molecular weight is 410 g/mol. The zero-order valence-electron chi connectivity index (χ0n) is 16.5. The Balaban J connectivity index is 2.74. The molecule has 5 nitrogen and oxygen atoms in total. The van der Waals surface area contributed by atoms with Gasteiger partial charge in [0.1, 0.15) is 5.92 Å². The molecule has 4 atom stereocenters. The van der Waals surface area contributed by atoms with Crippen molar-refractivity contribution >= 4 is 37.3 Å². The maximum Gasteiger partial charge on any atom is 0.312 e. The van der Waals surface area contributed by atoms with Gasteiger partial charge < -0.3 is 10.2 Å². The van der Waals surface area contributed by atoms with Crippen LogP contribution in [0.2, 0.25) is 30.7 Å². The Hall–Kier alpha value is -1.66. The van der Waals surface area contributed by atoms with Crippen LogP contribution in [-0.4, -0.2) is 42.0 Å². The highest BCUT2D eigenvalue weighted by Crippen LogP contribution is 2.52. The molecule has 1 aliphatic rings. The third-order valence-electron chi connectivity index (χ3n) is 5.64. The highest BCUT2D eigenvalue weighted by Gasteiger charge is 2.58. The molecule has 7 heteroatoms. The third-order valence-corrected chi connectivity index (χ3v) is 7.63. The van der Waals surface area contributed by atoms with Gasteiger partial charge >= 0.3 is 11.9 Å². The number of halogens is 1. The predicted molar refractivity (Wildman–Crippen MR) is 111 cm³/mol. The van der Waals surface area contributed by atoms with E-state index in [4.69, 9.17) is 11.6 Å². The van der Waals surface area contributed by atoms with Crippen molar-refractivity contribution in [2.45, 2.75) is 57.9 Å². The average Bonchev–Trinajstić information content (AvgIpc) is 2.51. The molecule has 0 aliphatic carbocycles. The number of hydrogen-bond donors (Lipinski definition) is 2. The molecule has 0 radical (unpaired) electrons. The highest BCUT2D eigenvalue weighted by molar-refractivity contribution is 6.76. The van der Waals surface area contributed by atoms with Gasteiger partial charge in [-0.05, 0) is 38.0 Å². The van der Waals surface area contributed by atoms with Crippen LogP contribution in [0.25, 0.3) is 0 Å². The van der Waals surface area contributed by atoms with Crippen LogP contribution in [0.4, 0.5) is 0 Å². The summed E-state index contributed by atoms with van der Waals surface area (Å²) >= 11 is 6.17. The lowest BCUT2D eigenvalue weighted by Gasteiger charge is -2.47. The van der Waals surface area contributed by atoms with E-state index in [-0.39, 0.29) is 0 Å². The van der Waals surface area contributed by atoms with Gasteiger partial charge in [0.05, 0.1) is 11.5 Å². The van der Waals surface area contributed by atoms with Crippen LogP contribution in [0, 0.1) is 11.3 Å². The van der Waals surface area contributed by atoms with Crippen LogP contribution >= 0.6 is 11.6 Å². The Morgan fingerprint density at radius 3 is 2.37 bits per heavy atom. The van der Waals surface area contributed by atoms with Gasteiger partial charge in [-0.25, -0.2) is 0 Å². The summed E-state index contributed by atoms with van der Waals surface area (Å²) in [6.07, 6.45) is 0.400. The lowest BCUT2D eigenvalue weighted by atomic mass is 9.58. The molecule has 0 saturated heterocycles. The van der Waals surface area contributed by atoms with Crippen LogP contribution in [-0.2, 0) is 9.59 Å². The molecular formula is C20H28ClNO4Si. The highest BCUT2D eigenvalue weighted by atomic mass is 35.5. The summed E-state index contributed by atoms with van der Waals surface area (Å²) in [7, 11) is -1.56. The quantitative estimate of drug-likeness (QED) is 0.661. The predicted octanol–water partition coefficient (Wildman–Crippen LogP) is 4.79. The van der Waals surface area contributed by atoms with E-state index in [0.29, 0.717) is 22.7 Å². The fourth-order valence-corrected chi connectivity index (χ4v) is 5.54. The minimum atomic E-state index is -1.56. The second-order valence-electron chi connectivity index (χ2n) is 8.70. The first-order chi connectivity index (χ1) is 12.4. The van der Waals surface area contributed by atoms with E-state index in [2.05, 4.69) is 24.6 Å². The summed E-state index contributed by atoms with van der Waals surface area (Å²) < 4.78 is 0. The van der Waals surface area contributed by atoms with Gasteiger partial charge in [-0.3, -0.25) is 14.6 Å². The number of benzene rings is 1. The van der Waals surface area contributed by atoms with Gasteiger partial charge in [0, 0.05) is 24.7 Å². The first-order valence-corrected chi connectivity index (χ1v) is 13.2. The van der Waals surface area contributed by atoms with E-state index in [0.717, 1.165) is 6.04 Å². The molecule has 27 heavy (non-hydrogen) atoms. The van der Waals surface area contributed by atoms with Crippen molar-refractivity contribution in [2.75, 3.05) is 0 Å².